The molecule has 0 radical (unpaired) electrons. The third kappa shape index (κ3) is 5.36. The van der Waals surface area contributed by atoms with Gasteiger partial charge >= 0.3 is 0 Å². The van der Waals surface area contributed by atoms with E-state index in [-0.39, 0.29) is 22.9 Å². The summed E-state index contributed by atoms with van der Waals surface area (Å²) in [6, 6.07) is 9.63. The molecule has 2 rings (SSSR count). The molecule has 0 unspecified atom stereocenters. The fourth-order valence-corrected chi connectivity index (χ4v) is 3.83. The lowest BCUT2D eigenvalue weighted by Crippen LogP contribution is -2.27. The third-order valence-corrected chi connectivity index (χ3v) is 5.83. The first kappa shape index (κ1) is 22.4. The highest BCUT2D eigenvalue weighted by Crippen LogP contribution is 2.30. The number of carbonyl (C=O) groups is 1. The minimum atomic E-state index is -3.71. The molecular formula is C21H26N2O5S. The Balaban J connectivity index is 2.25. The molecule has 1 amide bonds. The van der Waals surface area contributed by atoms with Crippen LogP contribution in [0.4, 0.5) is 0 Å². The number of nitrogens with one attached hydrogen (secondary N) is 1. The maximum atomic E-state index is 12.9. The van der Waals surface area contributed by atoms with Gasteiger partial charge in [-0.1, -0.05) is 12.1 Å². The molecule has 0 atom stereocenters. The molecule has 0 aliphatic carbocycles. The number of sulfonamides is 1. The smallest absolute Gasteiger partial charge is 0.253 e. The lowest BCUT2D eigenvalue weighted by atomic mass is 10.1. The zero-order valence-corrected chi connectivity index (χ0v) is 17.9. The lowest BCUT2D eigenvalue weighted by molar-refractivity contribution is 0.0784. The predicted molar refractivity (Wildman–Crippen MR) is 112 cm³/mol. The van der Waals surface area contributed by atoms with Crippen molar-refractivity contribution >= 4 is 15.9 Å². The summed E-state index contributed by atoms with van der Waals surface area (Å²) in [6.45, 7) is 5.86. The Bertz CT molecular complexity index is 1000. The molecule has 0 aliphatic heterocycles. The van der Waals surface area contributed by atoms with E-state index in [4.69, 9.17) is 9.47 Å². The van der Waals surface area contributed by atoms with E-state index in [9.17, 15) is 13.2 Å². The lowest BCUT2D eigenvalue weighted by Gasteiger charge is -2.20. The van der Waals surface area contributed by atoms with Gasteiger partial charge in [0.05, 0.1) is 19.1 Å². The first-order valence-corrected chi connectivity index (χ1v) is 10.4. The van der Waals surface area contributed by atoms with Crippen molar-refractivity contribution in [1.82, 2.24) is 9.62 Å². The zero-order valence-electron chi connectivity index (χ0n) is 17.1. The minimum absolute atomic E-state index is 0.0286. The summed E-state index contributed by atoms with van der Waals surface area (Å²) < 4.78 is 37.6. The third-order valence-electron chi connectivity index (χ3n) is 4.41. The van der Waals surface area contributed by atoms with E-state index >= 15 is 0 Å². The molecule has 8 heteroatoms. The molecule has 0 aromatic heterocycles. The van der Waals surface area contributed by atoms with E-state index in [1.54, 1.807) is 33.4 Å². The van der Waals surface area contributed by atoms with Crippen LogP contribution in [0.5, 0.6) is 11.5 Å². The van der Waals surface area contributed by atoms with E-state index in [0.29, 0.717) is 18.0 Å². The Kier molecular flexibility index (Phi) is 7.41. The molecule has 156 valence electrons. The molecule has 7 nitrogen and oxygen atoms in total. The SMILES string of the molecule is C=CCNS(=O)(=O)c1cccc(C(=O)N(C)Cc2cc(OC)c(OC)cc2C)c1. The average molecular weight is 419 g/mol. The molecule has 1 N–H and O–H groups in total. The van der Waals surface area contributed by atoms with Gasteiger partial charge in [-0.3, -0.25) is 4.79 Å². The van der Waals surface area contributed by atoms with Crippen LogP contribution in [-0.2, 0) is 16.6 Å². The van der Waals surface area contributed by atoms with E-state index in [1.165, 1.54) is 23.1 Å². The standard InChI is InChI=1S/C21H26N2O5S/c1-6-10-22-29(25,26)18-9-7-8-16(12-18)21(24)23(3)14-17-13-20(28-5)19(27-4)11-15(17)2/h6-9,11-13,22H,1,10,14H2,2-5H3. The van der Waals surface area contributed by atoms with E-state index in [0.717, 1.165) is 11.1 Å². The molecule has 0 heterocycles. The highest BCUT2D eigenvalue weighted by molar-refractivity contribution is 7.89. The second kappa shape index (κ2) is 9.58. The number of rotatable bonds is 9. The number of amides is 1. The van der Waals surface area contributed by atoms with Gasteiger partial charge in [-0.2, -0.15) is 0 Å². The van der Waals surface area contributed by atoms with Crippen LogP contribution in [0.2, 0.25) is 0 Å². The second-order valence-corrected chi connectivity index (χ2v) is 8.23. The number of benzene rings is 2. The van der Waals surface area contributed by atoms with Gasteiger partial charge in [0.2, 0.25) is 10.0 Å². The van der Waals surface area contributed by atoms with Crippen LogP contribution < -0.4 is 14.2 Å². The van der Waals surface area contributed by atoms with Crippen LogP contribution in [0.15, 0.2) is 53.9 Å². The fraction of sp³-hybridized carbons (Fsp3) is 0.286. The van der Waals surface area contributed by atoms with Gasteiger partial charge < -0.3 is 14.4 Å². The normalized spacial score (nSPS) is 11.0. The highest BCUT2D eigenvalue weighted by atomic mass is 32.2. The van der Waals surface area contributed by atoms with Gasteiger partial charge in [0.25, 0.3) is 5.91 Å². The van der Waals surface area contributed by atoms with Gasteiger partial charge in [-0.25, -0.2) is 13.1 Å². The molecule has 2 aromatic carbocycles. The Morgan fingerprint density at radius 1 is 1.17 bits per heavy atom. The maximum absolute atomic E-state index is 12.9. The Morgan fingerprint density at radius 3 is 2.45 bits per heavy atom. The van der Waals surface area contributed by atoms with Gasteiger partial charge in [0.1, 0.15) is 0 Å². The number of hydrogen-bond donors (Lipinski definition) is 1. The first-order chi connectivity index (χ1) is 13.7. The molecule has 0 saturated heterocycles. The molecular weight excluding hydrogens is 392 g/mol. The Hall–Kier alpha value is -2.84. The summed E-state index contributed by atoms with van der Waals surface area (Å²) >= 11 is 0. The summed E-state index contributed by atoms with van der Waals surface area (Å²) in [5.41, 5.74) is 2.13. The number of carbonyl (C=O) groups excluding carboxylic acids is 1. The second-order valence-electron chi connectivity index (χ2n) is 6.46. The Morgan fingerprint density at radius 2 is 1.83 bits per heavy atom. The van der Waals surface area contributed by atoms with Crippen LogP contribution in [0.1, 0.15) is 21.5 Å². The molecule has 0 saturated carbocycles. The maximum Gasteiger partial charge on any atom is 0.253 e. The van der Waals surface area contributed by atoms with Gasteiger partial charge in [-0.15, -0.1) is 6.58 Å². The van der Waals surface area contributed by atoms with Gasteiger partial charge in [0.15, 0.2) is 11.5 Å². The molecule has 29 heavy (non-hydrogen) atoms. The van der Waals surface area contributed by atoms with Gasteiger partial charge in [-0.05, 0) is 48.4 Å². The summed E-state index contributed by atoms with van der Waals surface area (Å²) in [4.78, 5) is 14.4. The van der Waals surface area contributed by atoms with Crippen molar-refractivity contribution in [3.63, 3.8) is 0 Å². The molecule has 0 bridgehead atoms. The van der Waals surface area contributed by atoms with Crippen LogP contribution in [0.3, 0.4) is 0 Å². The summed E-state index contributed by atoms with van der Waals surface area (Å²) in [6.07, 6.45) is 1.45. The van der Waals surface area contributed by atoms with Crippen molar-refractivity contribution in [3.05, 3.63) is 65.7 Å². The minimum Gasteiger partial charge on any atom is -0.493 e. The van der Waals surface area contributed by atoms with Crippen molar-refractivity contribution < 1.29 is 22.7 Å². The van der Waals surface area contributed by atoms with E-state index < -0.39 is 10.0 Å². The van der Waals surface area contributed by atoms with E-state index in [2.05, 4.69) is 11.3 Å². The zero-order chi connectivity index (χ0) is 21.6. The van der Waals surface area contributed by atoms with Crippen LogP contribution in [0, 0.1) is 6.92 Å². The topological polar surface area (TPSA) is 84.9 Å². The van der Waals surface area contributed by atoms with Crippen LogP contribution in [-0.4, -0.2) is 47.0 Å². The van der Waals surface area contributed by atoms with E-state index in [1.807, 2.05) is 19.1 Å². The monoisotopic (exact) mass is 418 g/mol. The highest BCUT2D eigenvalue weighted by Gasteiger charge is 2.19. The molecule has 0 aliphatic rings. The van der Waals surface area contributed by atoms with Crippen molar-refractivity contribution in [2.24, 2.45) is 0 Å². The first-order valence-electron chi connectivity index (χ1n) is 8.91. The average Bonchev–Trinajstić information content (AvgIpc) is 2.72. The number of aryl methyl sites for hydroxylation is 1. The van der Waals surface area contributed by atoms with Crippen LogP contribution in [0.25, 0.3) is 0 Å². The van der Waals surface area contributed by atoms with Gasteiger partial charge in [0, 0.05) is 25.7 Å². The quantitative estimate of drug-likeness (QED) is 0.633. The summed E-state index contributed by atoms with van der Waals surface area (Å²) in [5, 5.41) is 0. The van der Waals surface area contributed by atoms with Crippen molar-refractivity contribution in [3.8, 4) is 11.5 Å². The summed E-state index contributed by atoms with van der Waals surface area (Å²) in [7, 11) is 1.07. The predicted octanol–water partition coefficient (Wildman–Crippen LogP) is 2.75. The molecule has 0 fully saturated rings. The van der Waals surface area contributed by atoms with Crippen molar-refractivity contribution in [1.29, 1.82) is 0 Å². The van der Waals surface area contributed by atoms with Crippen molar-refractivity contribution in [2.45, 2.75) is 18.4 Å². The number of nitrogens with zero attached hydrogens (tertiary/aromatic N) is 1. The molecule has 2 aromatic rings. The fourth-order valence-electron chi connectivity index (χ4n) is 2.79. The largest absolute Gasteiger partial charge is 0.493 e. The number of methoxy groups -OCH3 is 2. The number of hydrogen-bond acceptors (Lipinski definition) is 5. The Labute approximate surface area is 172 Å². The van der Waals surface area contributed by atoms with Crippen molar-refractivity contribution in [2.75, 3.05) is 27.8 Å². The number of ether oxygens (including phenoxy) is 2. The van der Waals surface area contributed by atoms with Crippen LogP contribution >= 0.6 is 0 Å². The summed E-state index contributed by atoms with van der Waals surface area (Å²) in [5.74, 6) is 0.906. The molecule has 0 spiro atoms.